The number of aryl methyl sites for hydroxylation is 1. The van der Waals surface area contributed by atoms with Crippen LogP contribution in [0.25, 0.3) is 11.3 Å². The second-order valence-corrected chi connectivity index (χ2v) is 9.52. The van der Waals surface area contributed by atoms with Crippen LogP contribution in [0.15, 0.2) is 48.8 Å². The number of nitrogens with zero attached hydrogens (tertiary/aromatic N) is 5. The average molecular weight is 473 g/mol. The van der Waals surface area contributed by atoms with Gasteiger partial charge in [0.2, 0.25) is 5.91 Å². The number of likely N-dealkylation sites (tertiary alicyclic amines) is 1. The highest BCUT2D eigenvalue weighted by molar-refractivity contribution is 5.94. The molecule has 182 valence electrons. The van der Waals surface area contributed by atoms with Crippen LogP contribution in [-0.4, -0.2) is 76.1 Å². The van der Waals surface area contributed by atoms with E-state index in [1.54, 1.807) is 23.4 Å². The van der Waals surface area contributed by atoms with Crippen molar-refractivity contribution in [1.29, 1.82) is 0 Å². The van der Waals surface area contributed by atoms with Crippen LogP contribution in [0.2, 0.25) is 0 Å². The molecule has 2 aliphatic rings. The van der Waals surface area contributed by atoms with E-state index in [1.165, 1.54) is 16.8 Å². The minimum absolute atomic E-state index is 0.102. The maximum atomic E-state index is 13.4. The maximum absolute atomic E-state index is 13.4. The Balaban J connectivity index is 1.19. The van der Waals surface area contributed by atoms with E-state index >= 15 is 0 Å². The van der Waals surface area contributed by atoms with Gasteiger partial charge in [-0.05, 0) is 62.1 Å². The van der Waals surface area contributed by atoms with Gasteiger partial charge < -0.3 is 14.7 Å². The summed E-state index contributed by atoms with van der Waals surface area (Å²) in [5, 5.41) is 7.17. The highest BCUT2D eigenvalue weighted by Gasteiger charge is 2.33. The fourth-order valence-electron chi connectivity index (χ4n) is 5.14. The molecule has 8 heteroatoms. The van der Waals surface area contributed by atoms with Crippen molar-refractivity contribution in [3.8, 4) is 11.3 Å². The SMILES string of the molecule is Cc1cccc(N2CCN(C(=O)[C@@H]3CCCN(C(=O)c4cc(-c5ccncc5)n[nH]4)C3)CC2)c1C. The highest BCUT2D eigenvalue weighted by Crippen LogP contribution is 2.26. The van der Waals surface area contributed by atoms with Crippen molar-refractivity contribution in [2.45, 2.75) is 26.7 Å². The maximum Gasteiger partial charge on any atom is 0.271 e. The van der Waals surface area contributed by atoms with E-state index in [4.69, 9.17) is 0 Å². The summed E-state index contributed by atoms with van der Waals surface area (Å²) in [5.41, 5.74) is 5.92. The van der Waals surface area contributed by atoms with Crippen LogP contribution < -0.4 is 4.90 Å². The summed E-state index contributed by atoms with van der Waals surface area (Å²) < 4.78 is 0. The summed E-state index contributed by atoms with van der Waals surface area (Å²) in [4.78, 5) is 36.7. The third-order valence-electron chi connectivity index (χ3n) is 7.35. The second-order valence-electron chi connectivity index (χ2n) is 9.52. The molecule has 2 aliphatic heterocycles. The van der Waals surface area contributed by atoms with Gasteiger partial charge in [0.25, 0.3) is 5.91 Å². The molecule has 2 saturated heterocycles. The van der Waals surface area contributed by atoms with Gasteiger partial charge in [-0.15, -0.1) is 0 Å². The van der Waals surface area contributed by atoms with Gasteiger partial charge in [0.1, 0.15) is 5.69 Å². The molecule has 35 heavy (non-hydrogen) atoms. The smallest absolute Gasteiger partial charge is 0.271 e. The Bertz CT molecular complexity index is 1200. The van der Waals surface area contributed by atoms with Crippen LogP contribution >= 0.6 is 0 Å². The van der Waals surface area contributed by atoms with E-state index < -0.39 is 0 Å². The van der Waals surface area contributed by atoms with Gasteiger partial charge in [0.05, 0.1) is 11.6 Å². The summed E-state index contributed by atoms with van der Waals surface area (Å²) >= 11 is 0. The molecule has 1 aromatic carbocycles. The predicted octanol–water partition coefficient (Wildman–Crippen LogP) is 3.29. The molecule has 0 unspecified atom stereocenters. The number of anilines is 1. The minimum atomic E-state index is -0.150. The third-order valence-corrected chi connectivity index (χ3v) is 7.35. The average Bonchev–Trinajstić information content (AvgIpc) is 3.41. The number of aromatic amines is 1. The van der Waals surface area contributed by atoms with Gasteiger partial charge >= 0.3 is 0 Å². The Morgan fingerprint density at radius 2 is 1.74 bits per heavy atom. The van der Waals surface area contributed by atoms with Crippen molar-refractivity contribution >= 4 is 17.5 Å². The summed E-state index contributed by atoms with van der Waals surface area (Å²) in [6.45, 7) is 8.51. The lowest BCUT2D eigenvalue weighted by molar-refractivity contribution is -0.137. The number of piperazine rings is 1. The topological polar surface area (TPSA) is 85.4 Å². The van der Waals surface area contributed by atoms with Crippen LogP contribution in [0.3, 0.4) is 0 Å². The molecular formula is C27H32N6O2. The van der Waals surface area contributed by atoms with Gasteiger partial charge in [-0.3, -0.25) is 19.7 Å². The van der Waals surface area contributed by atoms with Crippen molar-refractivity contribution in [2.75, 3.05) is 44.2 Å². The van der Waals surface area contributed by atoms with E-state index in [2.05, 4.69) is 52.1 Å². The van der Waals surface area contributed by atoms with Crippen LogP contribution in [0.5, 0.6) is 0 Å². The predicted molar refractivity (Wildman–Crippen MR) is 135 cm³/mol. The Kier molecular flexibility index (Phi) is 6.53. The van der Waals surface area contributed by atoms with E-state index in [0.717, 1.165) is 31.5 Å². The van der Waals surface area contributed by atoms with Gasteiger partial charge in [-0.2, -0.15) is 5.10 Å². The van der Waals surface area contributed by atoms with E-state index in [1.807, 2.05) is 17.0 Å². The largest absolute Gasteiger partial charge is 0.368 e. The standard InChI is InChI=1S/C27H32N6O2/c1-19-5-3-7-25(20(19)2)31-13-15-32(16-14-31)26(34)22-6-4-12-33(18-22)27(35)24-17-23(29-30-24)21-8-10-28-11-9-21/h3,5,7-11,17,22H,4,6,12-16,18H2,1-2H3,(H,29,30)/t22-/m1/s1. The van der Waals surface area contributed by atoms with Gasteiger partial charge in [0.15, 0.2) is 0 Å². The third kappa shape index (κ3) is 4.78. The lowest BCUT2D eigenvalue weighted by Gasteiger charge is -2.40. The molecular weight excluding hydrogens is 440 g/mol. The monoisotopic (exact) mass is 472 g/mol. The number of nitrogens with one attached hydrogen (secondary N) is 1. The zero-order chi connectivity index (χ0) is 24.4. The van der Waals surface area contributed by atoms with E-state index in [0.29, 0.717) is 37.6 Å². The van der Waals surface area contributed by atoms with Crippen molar-refractivity contribution in [3.63, 3.8) is 0 Å². The first-order valence-electron chi connectivity index (χ1n) is 12.4. The zero-order valence-electron chi connectivity index (χ0n) is 20.4. The normalized spacial score (nSPS) is 18.6. The molecule has 8 nitrogen and oxygen atoms in total. The number of pyridine rings is 1. The second kappa shape index (κ2) is 9.90. The van der Waals surface area contributed by atoms with Crippen LogP contribution in [0.1, 0.15) is 34.5 Å². The molecule has 2 fully saturated rings. The Morgan fingerprint density at radius 3 is 2.51 bits per heavy atom. The minimum Gasteiger partial charge on any atom is -0.368 e. The molecule has 0 bridgehead atoms. The molecule has 2 aromatic heterocycles. The quantitative estimate of drug-likeness (QED) is 0.630. The molecule has 4 heterocycles. The molecule has 0 saturated carbocycles. The van der Waals surface area contributed by atoms with E-state index in [-0.39, 0.29) is 17.7 Å². The van der Waals surface area contributed by atoms with Crippen molar-refractivity contribution in [1.82, 2.24) is 25.0 Å². The molecule has 1 N–H and O–H groups in total. The zero-order valence-corrected chi connectivity index (χ0v) is 20.4. The van der Waals surface area contributed by atoms with Crippen LogP contribution in [0.4, 0.5) is 5.69 Å². The number of aromatic nitrogens is 3. The fourth-order valence-corrected chi connectivity index (χ4v) is 5.14. The highest BCUT2D eigenvalue weighted by atomic mass is 16.2. The fraction of sp³-hybridized carbons (Fsp3) is 0.407. The molecule has 0 aliphatic carbocycles. The van der Waals surface area contributed by atoms with Crippen LogP contribution in [-0.2, 0) is 4.79 Å². The van der Waals surface area contributed by atoms with Crippen molar-refractivity contribution in [3.05, 3.63) is 65.6 Å². The molecule has 1 atom stereocenters. The summed E-state index contributed by atoms with van der Waals surface area (Å²) in [5.74, 6) is -0.0807. The van der Waals surface area contributed by atoms with Crippen LogP contribution in [0, 0.1) is 19.8 Å². The van der Waals surface area contributed by atoms with E-state index in [9.17, 15) is 9.59 Å². The van der Waals surface area contributed by atoms with Gasteiger partial charge in [-0.25, -0.2) is 0 Å². The van der Waals surface area contributed by atoms with Gasteiger partial charge in [0, 0.05) is 62.9 Å². The number of hydrogen-bond donors (Lipinski definition) is 1. The summed E-state index contributed by atoms with van der Waals surface area (Å²) in [6, 6.07) is 11.9. The molecule has 2 amide bonds. The lowest BCUT2D eigenvalue weighted by atomic mass is 9.95. The lowest BCUT2D eigenvalue weighted by Crippen LogP contribution is -2.53. The summed E-state index contributed by atoms with van der Waals surface area (Å²) in [7, 11) is 0. The molecule has 0 radical (unpaired) electrons. The number of amides is 2. The molecule has 0 spiro atoms. The first kappa shape index (κ1) is 23.1. The Hall–Kier alpha value is -3.68. The number of H-pyrrole nitrogens is 1. The number of rotatable bonds is 4. The number of benzene rings is 1. The Morgan fingerprint density at radius 1 is 0.971 bits per heavy atom. The van der Waals surface area contributed by atoms with Crippen molar-refractivity contribution in [2.24, 2.45) is 5.92 Å². The number of carbonyl (C=O) groups excluding carboxylic acids is 2. The number of carbonyl (C=O) groups is 2. The first-order chi connectivity index (χ1) is 17.0. The molecule has 5 rings (SSSR count). The number of piperidine rings is 1. The van der Waals surface area contributed by atoms with Crippen molar-refractivity contribution < 1.29 is 9.59 Å². The number of hydrogen-bond acceptors (Lipinski definition) is 5. The Labute approximate surface area is 205 Å². The summed E-state index contributed by atoms with van der Waals surface area (Å²) in [6.07, 6.45) is 5.06. The first-order valence-corrected chi connectivity index (χ1v) is 12.4. The van der Waals surface area contributed by atoms with Gasteiger partial charge in [-0.1, -0.05) is 12.1 Å². The molecule has 3 aromatic rings.